The van der Waals surface area contributed by atoms with Gasteiger partial charge in [0.05, 0.1) is 0 Å². The molecule has 2 aliphatic rings. The minimum Gasteiger partial charge on any atom is -0.356 e. The fourth-order valence-corrected chi connectivity index (χ4v) is 3.62. The predicted molar refractivity (Wildman–Crippen MR) is 79.0 cm³/mol. The molecule has 0 bridgehead atoms. The highest BCUT2D eigenvalue weighted by molar-refractivity contribution is 5.75. The van der Waals surface area contributed by atoms with Crippen molar-refractivity contribution in [3.8, 4) is 0 Å². The topological polar surface area (TPSA) is 41.1 Å². The molecule has 1 saturated carbocycles. The summed E-state index contributed by atoms with van der Waals surface area (Å²) in [5.41, 5.74) is 0. The van der Waals surface area contributed by atoms with E-state index in [1.165, 1.54) is 38.5 Å². The molecule has 2 N–H and O–H groups in total. The minimum absolute atomic E-state index is 0.260. The highest BCUT2D eigenvalue weighted by Gasteiger charge is 2.19. The van der Waals surface area contributed by atoms with Crippen molar-refractivity contribution in [2.24, 2.45) is 17.8 Å². The van der Waals surface area contributed by atoms with Gasteiger partial charge in [0.2, 0.25) is 5.91 Å². The maximum absolute atomic E-state index is 11.8. The van der Waals surface area contributed by atoms with Crippen LogP contribution in [0.5, 0.6) is 0 Å². The third-order valence-electron chi connectivity index (χ3n) is 4.86. The second-order valence-corrected chi connectivity index (χ2v) is 6.67. The van der Waals surface area contributed by atoms with Crippen molar-refractivity contribution in [3.63, 3.8) is 0 Å². The van der Waals surface area contributed by atoms with Crippen molar-refractivity contribution in [3.05, 3.63) is 0 Å². The van der Waals surface area contributed by atoms with Gasteiger partial charge in [-0.05, 0) is 56.5 Å². The third kappa shape index (κ3) is 5.52. The van der Waals surface area contributed by atoms with Gasteiger partial charge >= 0.3 is 0 Å². The lowest BCUT2D eigenvalue weighted by atomic mass is 9.81. The SMILES string of the molecule is CC1CCCC(CCNC(=O)CCC2CCNC2)C1. The Kier molecular flexibility index (Phi) is 6.15. The molecule has 1 heterocycles. The number of rotatable bonds is 6. The number of hydrogen-bond donors (Lipinski definition) is 2. The summed E-state index contributed by atoms with van der Waals surface area (Å²) in [7, 11) is 0. The van der Waals surface area contributed by atoms with Crippen molar-refractivity contribution >= 4 is 5.91 Å². The second-order valence-electron chi connectivity index (χ2n) is 6.67. The molecule has 1 amide bonds. The Morgan fingerprint density at radius 2 is 2.11 bits per heavy atom. The van der Waals surface area contributed by atoms with E-state index >= 15 is 0 Å². The van der Waals surface area contributed by atoms with Gasteiger partial charge in [-0.15, -0.1) is 0 Å². The molecule has 3 atom stereocenters. The zero-order valence-electron chi connectivity index (χ0n) is 12.4. The minimum atomic E-state index is 0.260. The first-order valence-electron chi connectivity index (χ1n) is 8.21. The van der Waals surface area contributed by atoms with Crippen LogP contribution >= 0.6 is 0 Å². The molecule has 1 saturated heterocycles. The Morgan fingerprint density at radius 3 is 2.84 bits per heavy atom. The van der Waals surface area contributed by atoms with Crippen LogP contribution in [0.15, 0.2) is 0 Å². The second kappa shape index (κ2) is 7.88. The molecule has 0 aromatic carbocycles. The maximum Gasteiger partial charge on any atom is 0.220 e. The van der Waals surface area contributed by atoms with Crippen molar-refractivity contribution in [1.82, 2.24) is 10.6 Å². The number of nitrogens with one attached hydrogen (secondary N) is 2. The first kappa shape index (κ1) is 14.8. The average Bonchev–Trinajstić information content (AvgIpc) is 2.89. The highest BCUT2D eigenvalue weighted by atomic mass is 16.1. The van der Waals surface area contributed by atoms with Gasteiger partial charge in [0, 0.05) is 13.0 Å². The molecule has 0 aromatic heterocycles. The van der Waals surface area contributed by atoms with Crippen LogP contribution in [0.25, 0.3) is 0 Å². The zero-order valence-corrected chi connectivity index (χ0v) is 12.4. The van der Waals surface area contributed by atoms with Crippen LogP contribution in [0.2, 0.25) is 0 Å². The van der Waals surface area contributed by atoms with Gasteiger partial charge in [0.25, 0.3) is 0 Å². The van der Waals surface area contributed by atoms with Gasteiger partial charge in [-0.2, -0.15) is 0 Å². The average molecular weight is 266 g/mol. The molecule has 3 nitrogen and oxygen atoms in total. The van der Waals surface area contributed by atoms with Gasteiger partial charge in [0.15, 0.2) is 0 Å². The summed E-state index contributed by atoms with van der Waals surface area (Å²) in [6.45, 7) is 5.49. The zero-order chi connectivity index (χ0) is 13.5. The fraction of sp³-hybridized carbons (Fsp3) is 0.938. The summed E-state index contributed by atoms with van der Waals surface area (Å²) in [4.78, 5) is 11.8. The van der Waals surface area contributed by atoms with Crippen LogP contribution in [-0.4, -0.2) is 25.5 Å². The van der Waals surface area contributed by atoms with Gasteiger partial charge in [-0.1, -0.05) is 26.2 Å². The predicted octanol–water partition coefficient (Wildman–Crippen LogP) is 2.71. The van der Waals surface area contributed by atoms with E-state index in [4.69, 9.17) is 0 Å². The normalized spacial score (nSPS) is 31.3. The molecule has 2 fully saturated rings. The Hall–Kier alpha value is -0.570. The molecule has 2 rings (SSSR count). The quantitative estimate of drug-likeness (QED) is 0.776. The molecule has 0 spiro atoms. The van der Waals surface area contributed by atoms with Crippen LogP contribution in [0.1, 0.15) is 58.3 Å². The van der Waals surface area contributed by atoms with E-state index in [1.807, 2.05) is 0 Å². The summed E-state index contributed by atoms with van der Waals surface area (Å²) in [6.07, 6.45) is 9.71. The van der Waals surface area contributed by atoms with Gasteiger partial charge in [0.1, 0.15) is 0 Å². The standard InChI is InChI=1S/C16H30N2O/c1-13-3-2-4-14(11-13)8-10-18-16(19)6-5-15-7-9-17-12-15/h13-15,17H,2-12H2,1H3,(H,18,19). The molecule has 0 radical (unpaired) electrons. The third-order valence-corrected chi connectivity index (χ3v) is 4.86. The molecule has 1 aliphatic heterocycles. The smallest absolute Gasteiger partial charge is 0.220 e. The molecular formula is C16H30N2O. The molecule has 19 heavy (non-hydrogen) atoms. The molecule has 1 aliphatic carbocycles. The maximum atomic E-state index is 11.8. The van der Waals surface area contributed by atoms with Crippen LogP contribution in [-0.2, 0) is 4.79 Å². The van der Waals surface area contributed by atoms with E-state index in [2.05, 4.69) is 17.6 Å². The van der Waals surface area contributed by atoms with Crippen molar-refractivity contribution in [1.29, 1.82) is 0 Å². The lowest BCUT2D eigenvalue weighted by Crippen LogP contribution is -2.27. The van der Waals surface area contributed by atoms with Gasteiger partial charge in [-0.25, -0.2) is 0 Å². The first-order chi connectivity index (χ1) is 9.24. The van der Waals surface area contributed by atoms with E-state index in [0.717, 1.165) is 43.8 Å². The van der Waals surface area contributed by atoms with Gasteiger partial charge in [-0.3, -0.25) is 4.79 Å². The molecule has 3 heteroatoms. The van der Waals surface area contributed by atoms with E-state index in [0.29, 0.717) is 6.42 Å². The number of carbonyl (C=O) groups is 1. The molecular weight excluding hydrogens is 236 g/mol. The summed E-state index contributed by atoms with van der Waals surface area (Å²) in [6, 6.07) is 0. The molecule has 3 unspecified atom stereocenters. The van der Waals surface area contributed by atoms with Gasteiger partial charge < -0.3 is 10.6 Å². The monoisotopic (exact) mass is 266 g/mol. The van der Waals surface area contributed by atoms with Crippen LogP contribution in [0.4, 0.5) is 0 Å². The summed E-state index contributed by atoms with van der Waals surface area (Å²) < 4.78 is 0. The Morgan fingerprint density at radius 1 is 1.21 bits per heavy atom. The Balaban J connectivity index is 1.51. The highest BCUT2D eigenvalue weighted by Crippen LogP contribution is 2.30. The van der Waals surface area contributed by atoms with Crippen molar-refractivity contribution < 1.29 is 4.79 Å². The molecule has 0 aromatic rings. The summed E-state index contributed by atoms with van der Waals surface area (Å²) in [5.74, 6) is 2.73. The van der Waals surface area contributed by atoms with Crippen LogP contribution in [0, 0.1) is 17.8 Å². The summed E-state index contributed by atoms with van der Waals surface area (Å²) >= 11 is 0. The summed E-state index contributed by atoms with van der Waals surface area (Å²) in [5, 5.41) is 6.46. The fourth-order valence-electron chi connectivity index (χ4n) is 3.62. The van der Waals surface area contributed by atoms with Crippen LogP contribution < -0.4 is 10.6 Å². The van der Waals surface area contributed by atoms with E-state index in [1.54, 1.807) is 0 Å². The lowest BCUT2D eigenvalue weighted by Gasteiger charge is -2.26. The van der Waals surface area contributed by atoms with Crippen molar-refractivity contribution in [2.45, 2.75) is 58.3 Å². The van der Waals surface area contributed by atoms with E-state index < -0.39 is 0 Å². The molecule has 110 valence electrons. The van der Waals surface area contributed by atoms with E-state index in [-0.39, 0.29) is 5.91 Å². The Labute approximate surface area is 117 Å². The van der Waals surface area contributed by atoms with Crippen LogP contribution in [0.3, 0.4) is 0 Å². The number of carbonyl (C=O) groups excluding carboxylic acids is 1. The Bertz CT molecular complexity index is 274. The first-order valence-corrected chi connectivity index (χ1v) is 8.21. The number of amides is 1. The lowest BCUT2D eigenvalue weighted by molar-refractivity contribution is -0.121. The largest absolute Gasteiger partial charge is 0.356 e. The van der Waals surface area contributed by atoms with E-state index in [9.17, 15) is 4.79 Å². The number of hydrogen-bond acceptors (Lipinski definition) is 2. The van der Waals surface area contributed by atoms with Crippen molar-refractivity contribution in [2.75, 3.05) is 19.6 Å².